The molecule has 0 bridgehead atoms. The Labute approximate surface area is 116 Å². The normalized spacial score (nSPS) is 24.2. The number of carbonyl (C=O) groups excluding carboxylic acids is 2. The Morgan fingerprint density at radius 3 is 2.90 bits per heavy atom. The highest BCUT2D eigenvalue weighted by atomic mass is 16.6. The van der Waals surface area contributed by atoms with Crippen LogP contribution in [0.25, 0.3) is 6.08 Å². The number of para-hydroxylation sites is 1. The van der Waals surface area contributed by atoms with E-state index in [9.17, 15) is 9.59 Å². The Hall–Kier alpha value is -2.30. The monoisotopic (exact) mass is 274 g/mol. The lowest BCUT2D eigenvalue weighted by Gasteiger charge is -2.17. The van der Waals surface area contributed by atoms with Gasteiger partial charge in [0.1, 0.15) is 18.5 Å². The van der Waals surface area contributed by atoms with Gasteiger partial charge < -0.3 is 14.2 Å². The van der Waals surface area contributed by atoms with Crippen LogP contribution in [0, 0.1) is 0 Å². The zero-order valence-corrected chi connectivity index (χ0v) is 11.0. The molecule has 1 aromatic rings. The van der Waals surface area contributed by atoms with Crippen LogP contribution in [0.5, 0.6) is 5.75 Å². The van der Waals surface area contributed by atoms with Crippen LogP contribution in [-0.4, -0.2) is 30.8 Å². The van der Waals surface area contributed by atoms with Gasteiger partial charge in [0.2, 0.25) is 6.10 Å². The van der Waals surface area contributed by atoms with Crippen LogP contribution in [0.1, 0.15) is 18.9 Å². The molecule has 104 valence electrons. The minimum atomic E-state index is -0.810. The van der Waals surface area contributed by atoms with Crippen molar-refractivity contribution in [2.24, 2.45) is 0 Å². The van der Waals surface area contributed by atoms with Gasteiger partial charge in [0.15, 0.2) is 0 Å². The van der Waals surface area contributed by atoms with Gasteiger partial charge in [-0.05, 0) is 19.1 Å². The summed E-state index contributed by atoms with van der Waals surface area (Å²) in [6.45, 7) is 1.91. The summed E-state index contributed by atoms with van der Waals surface area (Å²) in [6, 6.07) is 7.42. The number of fused-ring (bicyclic) bond motifs is 1. The first-order valence-corrected chi connectivity index (χ1v) is 6.47. The van der Waals surface area contributed by atoms with Crippen LogP contribution in [0.4, 0.5) is 0 Å². The largest absolute Gasteiger partial charge is 0.488 e. The van der Waals surface area contributed by atoms with Gasteiger partial charge in [-0.2, -0.15) is 0 Å². The van der Waals surface area contributed by atoms with E-state index in [4.69, 9.17) is 14.2 Å². The molecule has 0 saturated carbocycles. The number of hydrogen-bond donors (Lipinski definition) is 0. The average Bonchev–Trinajstić information content (AvgIpc) is 2.76. The molecule has 0 N–H and O–H groups in total. The van der Waals surface area contributed by atoms with Crippen LogP contribution < -0.4 is 4.74 Å². The second-order valence-corrected chi connectivity index (χ2v) is 4.87. The number of carbonyl (C=O) groups is 2. The van der Waals surface area contributed by atoms with Crippen molar-refractivity contribution < 1.29 is 23.8 Å². The highest BCUT2D eigenvalue weighted by Crippen LogP contribution is 2.27. The summed E-state index contributed by atoms with van der Waals surface area (Å²) in [6.07, 6.45) is 1.10. The summed E-state index contributed by atoms with van der Waals surface area (Å²) in [5.74, 6) is -0.280. The molecular weight excluding hydrogens is 260 g/mol. The van der Waals surface area contributed by atoms with Crippen molar-refractivity contribution in [1.29, 1.82) is 0 Å². The Kier molecular flexibility index (Phi) is 3.18. The fraction of sp³-hybridized carbons (Fsp3) is 0.333. The molecule has 0 amide bonds. The number of benzene rings is 1. The topological polar surface area (TPSA) is 61.8 Å². The van der Waals surface area contributed by atoms with E-state index in [1.165, 1.54) is 0 Å². The van der Waals surface area contributed by atoms with Gasteiger partial charge in [-0.1, -0.05) is 18.2 Å². The van der Waals surface area contributed by atoms with Crippen molar-refractivity contribution in [2.75, 3.05) is 6.61 Å². The van der Waals surface area contributed by atoms with E-state index in [-0.39, 0.29) is 12.7 Å². The van der Waals surface area contributed by atoms with E-state index in [0.717, 1.165) is 11.3 Å². The summed E-state index contributed by atoms with van der Waals surface area (Å²) in [4.78, 5) is 23.5. The third kappa shape index (κ3) is 2.39. The number of rotatable bonds is 2. The fourth-order valence-corrected chi connectivity index (χ4v) is 2.26. The lowest BCUT2D eigenvalue weighted by Crippen LogP contribution is -2.26. The van der Waals surface area contributed by atoms with Crippen LogP contribution in [0.3, 0.4) is 0 Å². The zero-order chi connectivity index (χ0) is 14.1. The molecule has 2 aliphatic heterocycles. The molecule has 0 unspecified atom stereocenters. The van der Waals surface area contributed by atoms with Gasteiger partial charge in [0.05, 0.1) is 5.57 Å². The molecule has 2 atom stereocenters. The maximum absolute atomic E-state index is 12.0. The van der Waals surface area contributed by atoms with E-state index >= 15 is 0 Å². The number of cyclic esters (lactones) is 1. The van der Waals surface area contributed by atoms with Crippen LogP contribution in [0.2, 0.25) is 0 Å². The molecule has 1 fully saturated rings. The minimum Gasteiger partial charge on any atom is -0.488 e. The zero-order valence-electron chi connectivity index (χ0n) is 11.0. The second kappa shape index (κ2) is 5.00. The molecule has 2 heterocycles. The summed E-state index contributed by atoms with van der Waals surface area (Å²) in [5.41, 5.74) is 1.23. The molecule has 5 heteroatoms. The van der Waals surface area contributed by atoms with E-state index in [2.05, 4.69) is 0 Å². The Morgan fingerprint density at radius 2 is 2.15 bits per heavy atom. The summed E-state index contributed by atoms with van der Waals surface area (Å²) in [7, 11) is 0. The quantitative estimate of drug-likeness (QED) is 0.768. The first-order valence-electron chi connectivity index (χ1n) is 6.47. The van der Waals surface area contributed by atoms with E-state index in [1.807, 2.05) is 24.3 Å². The van der Waals surface area contributed by atoms with Crippen LogP contribution in [0.15, 0.2) is 29.8 Å². The number of esters is 2. The molecule has 1 aromatic carbocycles. The third-order valence-electron chi connectivity index (χ3n) is 3.27. The van der Waals surface area contributed by atoms with Gasteiger partial charge in [-0.3, -0.25) is 0 Å². The lowest BCUT2D eigenvalue weighted by molar-refractivity contribution is -0.158. The number of hydrogen-bond acceptors (Lipinski definition) is 5. The maximum atomic E-state index is 12.0. The van der Waals surface area contributed by atoms with Crippen molar-refractivity contribution in [2.45, 2.75) is 25.6 Å². The number of ether oxygens (including phenoxy) is 3. The molecule has 1 saturated heterocycles. The molecule has 5 nitrogen and oxygen atoms in total. The Balaban J connectivity index is 1.73. The van der Waals surface area contributed by atoms with Gasteiger partial charge >= 0.3 is 11.9 Å². The first kappa shape index (κ1) is 12.7. The summed E-state index contributed by atoms with van der Waals surface area (Å²) < 4.78 is 15.6. The minimum absolute atomic E-state index is 0.146. The lowest BCUT2D eigenvalue weighted by atomic mass is 10.1. The molecule has 2 aliphatic rings. The molecule has 0 aliphatic carbocycles. The van der Waals surface area contributed by atoms with Crippen LogP contribution >= 0.6 is 0 Å². The standard InChI is InChI=1S/C15H14O5/c1-9-6-13(15(17)19-9)20-14(16)11-7-10-4-2-3-5-12(10)18-8-11/h2-5,7,9,13H,6,8H2,1H3/t9-,13-/m0/s1. The highest BCUT2D eigenvalue weighted by molar-refractivity contribution is 5.96. The third-order valence-corrected chi connectivity index (χ3v) is 3.27. The second-order valence-electron chi connectivity index (χ2n) is 4.87. The summed E-state index contributed by atoms with van der Waals surface area (Å²) in [5, 5.41) is 0. The van der Waals surface area contributed by atoms with Crippen molar-refractivity contribution >= 4 is 18.0 Å². The van der Waals surface area contributed by atoms with Crippen molar-refractivity contribution in [3.05, 3.63) is 35.4 Å². The summed E-state index contributed by atoms with van der Waals surface area (Å²) >= 11 is 0. The van der Waals surface area contributed by atoms with E-state index < -0.39 is 18.0 Å². The Morgan fingerprint density at radius 1 is 1.35 bits per heavy atom. The molecule has 0 spiro atoms. The molecule has 0 aromatic heterocycles. The molecular formula is C15H14O5. The molecule has 20 heavy (non-hydrogen) atoms. The molecule has 3 rings (SSSR count). The fourth-order valence-electron chi connectivity index (χ4n) is 2.26. The molecule has 0 radical (unpaired) electrons. The highest BCUT2D eigenvalue weighted by Gasteiger charge is 2.35. The Bertz CT molecular complexity index is 590. The van der Waals surface area contributed by atoms with Crippen molar-refractivity contribution in [1.82, 2.24) is 0 Å². The van der Waals surface area contributed by atoms with Crippen LogP contribution in [-0.2, 0) is 19.1 Å². The van der Waals surface area contributed by atoms with E-state index in [1.54, 1.807) is 13.0 Å². The van der Waals surface area contributed by atoms with E-state index in [0.29, 0.717) is 12.0 Å². The van der Waals surface area contributed by atoms with Gasteiger partial charge in [-0.15, -0.1) is 0 Å². The smallest absolute Gasteiger partial charge is 0.347 e. The SMILES string of the molecule is C[C@H]1C[C@H](OC(=O)C2=Cc3ccccc3OC2)C(=O)O1. The van der Waals surface area contributed by atoms with Crippen molar-refractivity contribution in [3.63, 3.8) is 0 Å². The van der Waals surface area contributed by atoms with Gasteiger partial charge in [-0.25, -0.2) is 9.59 Å². The first-order chi connectivity index (χ1) is 9.63. The average molecular weight is 274 g/mol. The maximum Gasteiger partial charge on any atom is 0.347 e. The van der Waals surface area contributed by atoms with Crippen molar-refractivity contribution in [3.8, 4) is 5.75 Å². The van der Waals surface area contributed by atoms with Gasteiger partial charge in [0.25, 0.3) is 0 Å². The predicted octanol–water partition coefficient (Wildman–Crippen LogP) is 1.71. The van der Waals surface area contributed by atoms with Gasteiger partial charge in [0, 0.05) is 12.0 Å². The predicted molar refractivity (Wildman–Crippen MR) is 70.0 cm³/mol.